The zero-order valence-corrected chi connectivity index (χ0v) is 11.3. The van der Waals surface area contributed by atoms with Crippen molar-refractivity contribution in [3.8, 4) is 11.1 Å². The van der Waals surface area contributed by atoms with Crippen molar-refractivity contribution < 1.29 is 0 Å². The number of rotatable bonds is 2. The molecule has 0 aliphatic carbocycles. The predicted molar refractivity (Wildman–Crippen MR) is 74.5 cm³/mol. The Labute approximate surface area is 108 Å². The molecule has 2 aromatic rings. The van der Waals surface area contributed by atoms with Gasteiger partial charge in [0.2, 0.25) is 0 Å². The zero-order valence-electron chi connectivity index (χ0n) is 9.16. The van der Waals surface area contributed by atoms with Crippen LogP contribution in [0.15, 0.2) is 30.6 Å². The van der Waals surface area contributed by atoms with Crippen molar-refractivity contribution in [3.63, 3.8) is 0 Å². The van der Waals surface area contributed by atoms with Crippen molar-refractivity contribution in [2.24, 2.45) is 0 Å². The lowest BCUT2D eigenvalue weighted by molar-refractivity contribution is 1.19. The first-order chi connectivity index (χ1) is 7.72. The number of pyridine rings is 2. The van der Waals surface area contributed by atoms with Gasteiger partial charge in [-0.1, -0.05) is 6.07 Å². The van der Waals surface area contributed by atoms with Crippen LogP contribution in [-0.4, -0.2) is 17.0 Å². The van der Waals surface area contributed by atoms with Crippen LogP contribution in [0.3, 0.4) is 0 Å². The molecular formula is C12H12IN3. The molecule has 4 heteroatoms. The second-order valence-corrected chi connectivity index (χ2v) is 4.54. The highest BCUT2D eigenvalue weighted by Gasteiger charge is 2.08. The van der Waals surface area contributed by atoms with E-state index in [4.69, 9.17) is 0 Å². The molecule has 0 bridgehead atoms. The molecule has 0 spiro atoms. The standard InChI is InChI=1S/C12H12IN3/c1-8-9(4-3-5-15-8)10-6-12(13)16-7-11(10)14-2/h3-7,14H,1-2H3. The van der Waals surface area contributed by atoms with E-state index in [1.807, 2.05) is 32.4 Å². The maximum Gasteiger partial charge on any atom is 0.102 e. The molecule has 2 rings (SSSR count). The lowest BCUT2D eigenvalue weighted by Gasteiger charge is -2.10. The minimum Gasteiger partial charge on any atom is -0.386 e. The van der Waals surface area contributed by atoms with Crippen LogP contribution in [0.2, 0.25) is 0 Å². The normalized spacial score (nSPS) is 10.2. The van der Waals surface area contributed by atoms with Gasteiger partial charge in [0.15, 0.2) is 0 Å². The Morgan fingerprint density at radius 3 is 2.75 bits per heavy atom. The van der Waals surface area contributed by atoms with E-state index >= 15 is 0 Å². The molecule has 2 aromatic heterocycles. The molecule has 0 atom stereocenters. The number of nitrogens with zero attached hydrogens (tertiary/aromatic N) is 2. The molecule has 0 aliphatic heterocycles. The fourth-order valence-corrected chi connectivity index (χ4v) is 2.07. The molecule has 2 heterocycles. The number of anilines is 1. The zero-order chi connectivity index (χ0) is 11.5. The molecule has 0 fully saturated rings. The van der Waals surface area contributed by atoms with Crippen molar-refractivity contribution in [1.82, 2.24) is 9.97 Å². The second-order valence-electron chi connectivity index (χ2n) is 3.44. The summed E-state index contributed by atoms with van der Waals surface area (Å²) in [5, 5.41) is 3.15. The first-order valence-corrected chi connectivity index (χ1v) is 6.05. The molecule has 0 amide bonds. The Bertz CT molecular complexity index is 511. The fraction of sp³-hybridized carbons (Fsp3) is 0.167. The molecule has 1 N–H and O–H groups in total. The summed E-state index contributed by atoms with van der Waals surface area (Å²) in [6.07, 6.45) is 3.66. The number of aromatic nitrogens is 2. The molecule has 0 saturated heterocycles. The summed E-state index contributed by atoms with van der Waals surface area (Å²) in [4.78, 5) is 8.58. The van der Waals surface area contributed by atoms with E-state index in [-0.39, 0.29) is 0 Å². The van der Waals surface area contributed by atoms with Gasteiger partial charge in [-0.15, -0.1) is 0 Å². The van der Waals surface area contributed by atoms with Crippen molar-refractivity contribution in [3.05, 3.63) is 40.0 Å². The molecule has 82 valence electrons. The van der Waals surface area contributed by atoms with Crippen molar-refractivity contribution in [2.45, 2.75) is 6.92 Å². The van der Waals surface area contributed by atoms with Gasteiger partial charge >= 0.3 is 0 Å². The van der Waals surface area contributed by atoms with Gasteiger partial charge in [-0.3, -0.25) is 4.98 Å². The highest BCUT2D eigenvalue weighted by Crippen LogP contribution is 2.29. The van der Waals surface area contributed by atoms with Gasteiger partial charge < -0.3 is 5.32 Å². The molecule has 0 saturated carbocycles. The second kappa shape index (κ2) is 4.78. The first kappa shape index (κ1) is 11.3. The number of nitrogens with one attached hydrogen (secondary N) is 1. The predicted octanol–water partition coefficient (Wildman–Crippen LogP) is 3.10. The summed E-state index contributed by atoms with van der Waals surface area (Å²) in [5.41, 5.74) is 4.34. The summed E-state index contributed by atoms with van der Waals surface area (Å²) in [5.74, 6) is 0. The SMILES string of the molecule is CNc1cnc(I)cc1-c1cccnc1C. The summed E-state index contributed by atoms with van der Waals surface area (Å²) < 4.78 is 0.981. The van der Waals surface area contributed by atoms with Gasteiger partial charge in [0.1, 0.15) is 3.70 Å². The third-order valence-electron chi connectivity index (χ3n) is 2.44. The molecule has 0 aromatic carbocycles. The van der Waals surface area contributed by atoms with Crippen LogP contribution in [0.1, 0.15) is 5.69 Å². The minimum absolute atomic E-state index is 0.981. The quantitative estimate of drug-likeness (QED) is 0.681. The molecular weight excluding hydrogens is 313 g/mol. The Kier molecular flexibility index (Phi) is 3.38. The third-order valence-corrected chi connectivity index (χ3v) is 3.03. The van der Waals surface area contributed by atoms with Crippen LogP contribution >= 0.6 is 22.6 Å². The van der Waals surface area contributed by atoms with E-state index in [1.54, 1.807) is 0 Å². The van der Waals surface area contributed by atoms with Gasteiger partial charge in [-0.2, -0.15) is 0 Å². The maximum atomic E-state index is 4.31. The highest BCUT2D eigenvalue weighted by molar-refractivity contribution is 14.1. The van der Waals surface area contributed by atoms with E-state index in [2.05, 4.69) is 50.0 Å². The van der Waals surface area contributed by atoms with E-state index in [1.165, 1.54) is 0 Å². The Balaban J connectivity index is 2.63. The molecule has 0 aliphatic rings. The summed E-state index contributed by atoms with van der Waals surface area (Å²) in [6, 6.07) is 6.10. The maximum absolute atomic E-state index is 4.31. The molecule has 0 radical (unpaired) electrons. The van der Waals surface area contributed by atoms with Crippen molar-refractivity contribution in [1.29, 1.82) is 0 Å². The monoisotopic (exact) mass is 325 g/mol. The Hall–Kier alpha value is -1.17. The van der Waals surface area contributed by atoms with Crippen molar-refractivity contribution >= 4 is 28.3 Å². The van der Waals surface area contributed by atoms with Gasteiger partial charge in [0.05, 0.1) is 11.9 Å². The number of halogens is 1. The average molecular weight is 325 g/mol. The van der Waals surface area contributed by atoms with Crippen LogP contribution in [0.4, 0.5) is 5.69 Å². The largest absolute Gasteiger partial charge is 0.386 e. The minimum atomic E-state index is 0.981. The lowest BCUT2D eigenvalue weighted by Crippen LogP contribution is -1.96. The average Bonchev–Trinajstić information content (AvgIpc) is 2.29. The molecule has 16 heavy (non-hydrogen) atoms. The van der Waals surface area contributed by atoms with Crippen LogP contribution < -0.4 is 5.32 Å². The third kappa shape index (κ3) is 2.16. The summed E-state index contributed by atoms with van der Waals surface area (Å²) >= 11 is 2.22. The number of hydrogen-bond acceptors (Lipinski definition) is 3. The van der Waals surface area contributed by atoms with Gasteiger partial charge in [0.25, 0.3) is 0 Å². The van der Waals surface area contributed by atoms with Crippen LogP contribution in [-0.2, 0) is 0 Å². The highest BCUT2D eigenvalue weighted by atomic mass is 127. The van der Waals surface area contributed by atoms with Gasteiger partial charge in [-0.05, 0) is 41.6 Å². The lowest BCUT2D eigenvalue weighted by atomic mass is 10.0. The van der Waals surface area contributed by atoms with Crippen LogP contribution in [0, 0.1) is 10.6 Å². The van der Waals surface area contributed by atoms with Gasteiger partial charge in [0, 0.05) is 30.1 Å². The Morgan fingerprint density at radius 2 is 2.06 bits per heavy atom. The summed E-state index contributed by atoms with van der Waals surface area (Å²) in [7, 11) is 1.90. The number of hydrogen-bond donors (Lipinski definition) is 1. The van der Waals surface area contributed by atoms with E-state index in [9.17, 15) is 0 Å². The van der Waals surface area contributed by atoms with E-state index < -0.39 is 0 Å². The smallest absolute Gasteiger partial charge is 0.102 e. The first-order valence-electron chi connectivity index (χ1n) is 4.97. The van der Waals surface area contributed by atoms with Crippen molar-refractivity contribution in [2.75, 3.05) is 12.4 Å². The Morgan fingerprint density at radius 1 is 1.25 bits per heavy atom. The van der Waals surface area contributed by atoms with Crippen LogP contribution in [0.25, 0.3) is 11.1 Å². The molecule has 3 nitrogen and oxygen atoms in total. The molecule has 0 unspecified atom stereocenters. The number of aryl methyl sites for hydroxylation is 1. The topological polar surface area (TPSA) is 37.8 Å². The van der Waals surface area contributed by atoms with E-state index in [0.29, 0.717) is 0 Å². The van der Waals surface area contributed by atoms with Gasteiger partial charge in [-0.25, -0.2) is 4.98 Å². The fourth-order valence-electron chi connectivity index (χ4n) is 1.62. The summed E-state index contributed by atoms with van der Waals surface area (Å²) in [6.45, 7) is 2.02. The van der Waals surface area contributed by atoms with E-state index in [0.717, 1.165) is 26.2 Å². The van der Waals surface area contributed by atoms with Crippen LogP contribution in [0.5, 0.6) is 0 Å².